The molecule has 1 amide bonds. The molecule has 4 rings (SSSR count). The number of carbonyl (C=O) groups excluding carboxylic acids is 1. The molecule has 1 fully saturated rings. The van der Waals surface area contributed by atoms with Crippen molar-refractivity contribution in [2.45, 2.75) is 18.4 Å². The number of aromatic nitrogens is 2. The number of nitrogens with zero attached hydrogens (tertiary/aromatic N) is 2. The first-order valence-electron chi connectivity index (χ1n) is 8.97. The van der Waals surface area contributed by atoms with Crippen LogP contribution in [0.25, 0.3) is 16.8 Å². The van der Waals surface area contributed by atoms with E-state index in [4.69, 9.17) is 4.74 Å². The molecule has 0 unspecified atom stereocenters. The Balaban J connectivity index is 1.78. The van der Waals surface area contributed by atoms with E-state index in [2.05, 4.69) is 10.3 Å². The summed E-state index contributed by atoms with van der Waals surface area (Å²) in [5, 5.41) is 12.7. The number of benzene rings is 1. The van der Waals surface area contributed by atoms with E-state index in [0.29, 0.717) is 31.6 Å². The maximum atomic E-state index is 14.6. The number of fused-ring (bicyclic) bond motifs is 1. The van der Waals surface area contributed by atoms with Gasteiger partial charge in [-0.15, -0.1) is 0 Å². The highest BCUT2D eigenvalue weighted by molar-refractivity contribution is 5.95. The van der Waals surface area contributed by atoms with Crippen LogP contribution in [0.2, 0.25) is 0 Å². The van der Waals surface area contributed by atoms with Crippen molar-refractivity contribution in [3.63, 3.8) is 0 Å². The zero-order valence-corrected chi connectivity index (χ0v) is 15.0. The lowest BCUT2D eigenvalue weighted by Gasteiger charge is -2.36. The number of amides is 1. The highest BCUT2D eigenvalue weighted by Gasteiger charge is 2.35. The van der Waals surface area contributed by atoms with Crippen molar-refractivity contribution in [2.75, 3.05) is 19.8 Å². The van der Waals surface area contributed by atoms with Crippen LogP contribution in [0.1, 0.15) is 23.5 Å². The highest BCUT2D eigenvalue weighted by atomic mass is 19.1. The summed E-state index contributed by atoms with van der Waals surface area (Å²) < 4.78 is 34.5. The van der Waals surface area contributed by atoms with E-state index in [0.717, 1.165) is 0 Å². The Labute approximate surface area is 159 Å². The number of carbonyl (C=O) groups is 1. The molecule has 1 saturated heterocycles. The number of pyridine rings is 1. The summed E-state index contributed by atoms with van der Waals surface area (Å²) in [6.45, 7) is 0.627. The molecule has 8 heteroatoms. The molecule has 6 nitrogen and oxygen atoms in total. The van der Waals surface area contributed by atoms with Crippen LogP contribution in [0, 0.1) is 11.6 Å². The van der Waals surface area contributed by atoms with Crippen molar-refractivity contribution in [2.24, 2.45) is 0 Å². The lowest BCUT2D eigenvalue weighted by atomic mass is 9.91. The first kappa shape index (κ1) is 18.5. The Kier molecular flexibility index (Phi) is 4.82. The minimum absolute atomic E-state index is 0.00635. The van der Waals surface area contributed by atoms with E-state index in [1.807, 2.05) is 0 Å². The third-order valence-corrected chi connectivity index (χ3v) is 5.07. The van der Waals surface area contributed by atoms with Gasteiger partial charge < -0.3 is 15.2 Å². The molecule has 0 atom stereocenters. The predicted molar refractivity (Wildman–Crippen MR) is 97.9 cm³/mol. The smallest absolute Gasteiger partial charge is 0.288 e. The molecule has 0 aliphatic carbocycles. The summed E-state index contributed by atoms with van der Waals surface area (Å²) >= 11 is 0. The van der Waals surface area contributed by atoms with Crippen LogP contribution >= 0.6 is 0 Å². The van der Waals surface area contributed by atoms with E-state index in [1.54, 1.807) is 6.20 Å². The van der Waals surface area contributed by atoms with Crippen LogP contribution < -0.4 is 5.32 Å². The van der Waals surface area contributed by atoms with E-state index in [1.165, 1.54) is 40.8 Å². The van der Waals surface area contributed by atoms with Crippen LogP contribution in [0.5, 0.6) is 0 Å². The minimum atomic E-state index is -0.801. The van der Waals surface area contributed by atoms with Gasteiger partial charge in [0.05, 0.1) is 17.8 Å². The molecule has 3 aromatic rings. The molecule has 0 bridgehead atoms. The molecule has 0 spiro atoms. The molecular formula is C20H19F2N3O3. The van der Waals surface area contributed by atoms with Crippen molar-refractivity contribution in [3.05, 3.63) is 60.1 Å². The van der Waals surface area contributed by atoms with Gasteiger partial charge in [-0.25, -0.2) is 13.8 Å². The Hall–Kier alpha value is -2.84. The second-order valence-electron chi connectivity index (χ2n) is 6.87. The first-order valence-corrected chi connectivity index (χ1v) is 8.97. The summed E-state index contributed by atoms with van der Waals surface area (Å²) in [4.78, 5) is 17.3. The Bertz CT molecular complexity index is 1010. The van der Waals surface area contributed by atoms with E-state index in [9.17, 15) is 18.7 Å². The van der Waals surface area contributed by atoms with Gasteiger partial charge in [-0.2, -0.15) is 0 Å². The van der Waals surface area contributed by atoms with Gasteiger partial charge in [0.15, 0.2) is 0 Å². The van der Waals surface area contributed by atoms with Crippen LogP contribution in [-0.2, 0) is 4.74 Å². The molecule has 3 heterocycles. The van der Waals surface area contributed by atoms with Crippen LogP contribution in [0.15, 0.2) is 42.6 Å². The summed E-state index contributed by atoms with van der Waals surface area (Å²) in [6.07, 6.45) is 2.48. The lowest BCUT2D eigenvalue weighted by molar-refractivity contribution is 0.0123. The Morgan fingerprint density at radius 2 is 1.93 bits per heavy atom. The molecule has 28 heavy (non-hydrogen) atoms. The van der Waals surface area contributed by atoms with Crippen LogP contribution in [-0.4, -0.2) is 45.8 Å². The average Bonchev–Trinajstić information content (AvgIpc) is 3.10. The Morgan fingerprint density at radius 1 is 1.21 bits per heavy atom. The van der Waals surface area contributed by atoms with Crippen molar-refractivity contribution >= 4 is 11.4 Å². The maximum Gasteiger partial charge on any atom is 0.288 e. The van der Waals surface area contributed by atoms with Gasteiger partial charge in [0.2, 0.25) is 5.82 Å². The molecule has 0 radical (unpaired) electrons. The van der Waals surface area contributed by atoms with Gasteiger partial charge >= 0.3 is 0 Å². The molecule has 1 aliphatic heterocycles. The Morgan fingerprint density at radius 3 is 2.61 bits per heavy atom. The largest absolute Gasteiger partial charge is 0.394 e. The van der Waals surface area contributed by atoms with E-state index in [-0.39, 0.29) is 23.6 Å². The van der Waals surface area contributed by atoms with Crippen molar-refractivity contribution < 1.29 is 23.4 Å². The van der Waals surface area contributed by atoms with E-state index >= 15 is 0 Å². The van der Waals surface area contributed by atoms with Gasteiger partial charge in [-0.1, -0.05) is 0 Å². The fourth-order valence-electron chi connectivity index (χ4n) is 3.45. The molecular weight excluding hydrogens is 368 g/mol. The number of imidazole rings is 1. The highest BCUT2D eigenvalue weighted by Crippen LogP contribution is 2.28. The molecule has 2 N–H and O–H groups in total. The summed E-state index contributed by atoms with van der Waals surface area (Å²) in [6, 6.07) is 8.23. The summed E-state index contributed by atoms with van der Waals surface area (Å²) in [7, 11) is 0. The molecule has 1 aromatic carbocycles. The fraction of sp³-hybridized carbons (Fsp3) is 0.300. The molecule has 146 valence electrons. The monoisotopic (exact) mass is 387 g/mol. The van der Waals surface area contributed by atoms with Crippen molar-refractivity contribution in [3.8, 4) is 11.3 Å². The number of aliphatic hydroxyl groups excluding tert-OH is 1. The SMILES string of the molecule is O=C(NC1(CO)CCOCC1)c1nc(-c2ccc(F)cc2)c2c(F)cccn12. The molecule has 1 aliphatic rings. The third kappa shape index (κ3) is 3.25. The molecule has 0 saturated carbocycles. The topological polar surface area (TPSA) is 75.9 Å². The number of halogens is 2. The standard InChI is InChI=1S/C20H19F2N3O3/c21-14-5-3-13(4-6-14)16-17-15(22)2-1-9-25(17)18(23-16)19(27)24-20(12-26)7-10-28-11-8-20/h1-6,9,26H,7-8,10-12H2,(H,24,27). The number of hydrogen-bond donors (Lipinski definition) is 2. The van der Waals surface area contributed by atoms with Gasteiger partial charge in [-0.3, -0.25) is 9.20 Å². The number of ether oxygens (including phenoxy) is 1. The number of hydrogen-bond acceptors (Lipinski definition) is 4. The zero-order chi connectivity index (χ0) is 19.7. The lowest BCUT2D eigenvalue weighted by Crippen LogP contribution is -2.54. The second-order valence-corrected chi connectivity index (χ2v) is 6.87. The first-order chi connectivity index (χ1) is 13.5. The second kappa shape index (κ2) is 7.29. The van der Waals surface area contributed by atoms with Crippen LogP contribution in [0.3, 0.4) is 0 Å². The summed E-state index contributed by atoms with van der Waals surface area (Å²) in [5.74, 6) is -1.50. The van der Waals surface area contributed by atoms with Crippen molar-refractivity contribution in [1.29, 1.82) is 0 Å². The third-order valence-electron chi connectivity index (χ3n) is 5.07. The van der Waals surface area contributed by atoms with Gasteiger partial charge in [0.25, 0.3) is 5.91 Å². The minimum Gasteiger partial charge on any atom is -0.394 e. The predicted octanol–water partition coefficient (Wildman–Crippen LogP) is 2.55. The number of rotatable bonds is 4. The van der Waals surface area contributed by atoms with Gasteiger partial charge in [0, 0.05) is 25.0 Å². The fourth-order valence-corrected chi connectivity index (χ4v) is 3.45. The average molecular weight is 387 g/mol. The quantitative estimate of drug-likeness (QED) is 0.722. The zero-order valence-electron chi connectivity index (χ0n) is 15.0. The van der Waals surface area contributed by atoms with Crippen molar-refractivity contribution in [1.82, 2.24) is 14.7 Å². The van der Waals surface area contributed by atoms with E-state index < -0.39 is 23.1 Å². The van der Waals surface area contributed by atoms with Gasteiger partial charge in [0.1, 0.15) is 17.2 Å². The van der Waals surface area contributed by atoms with Crippen LogP contribution in [0.4, 0.5) is 8.78 Å². The number of nitrogens with one attached hydrogen (secondary N) is 1. The molecule has 2 aromatic heterocycles. The summed E-state index contributed by atoms with van der Waals surface area (Å²) in [5.41, 5.74) is 0.0633. The normalized spacial score (nSPS) is 16.2. The van der Waals surface area contributed by atoms with Gasteiger partial charge in [-0.05, 0) is 49.2 Å². The maximum absolute atomic E-state index is 14.6. The number of aliphatic hydroxyl groups is 1.